The third-order valence-corrected chi connectivity index (χ3v) is 6.03. The molecule has 0 amide bonds. The van der Waals surface area contributed by atoms with E-state index in [2.05, 4.69) is 10.0 Å². The maximum atomic E-state index is 13.5. The Morgan fingerprint density at radius 2 is 1.94 bits per heavy atom. The molecule has 1 atom stereocenters. The van der Waals surface area contributed by atoms with Crippen LogP contribution in [0.1, 0.15) is 41.4 Å². The van der Waals surface area contributed by atoms with E-state index in [4.69, 9.17) is 4.42 Å². The zero-order valence-corrected chi connectivity index (χ0v) is 17.8. The molecule has 1 unspecified atom stereocenters. The molecular formula is C21H21FN2O6S. The van der Waals surface area contributed by atoms with Gasteiger partial charge in [0.15, 0.2) is 5.43 Å². The van der Waals surface area contributed by atoms with Crippen molar-refractivity contribution in [2.45, 2.75) is 31.9 Å². The molecule has 10 heteroatoms. The Hall–Kier alpha value is -3.24. The SMILES string of the molecule is CCNS(=O)(=O)c1cc(=O)c2cc(C)cc(C(C)Nc3ccc(F)cc3C(=O)O)c2o1. The first-order valence-corrected chi connectivity index (χ1v) is 10.9. The van der Waals surface area contributed by atoms with Crippen molar-refractivity contribution >= 4 is 32.6 Å². The highest BCUT2D eigenvalue weighted by molar-refractivity contribution is 7.89. The molecule has 2 aromatic carbocycles. The molecule has 0 radical (unpaired) electrons. The van der Waals surface area contributed by atoms with Crippen molar-refractivity contribution in [3.63, 3.8) is 0 Å². The first-order chi connectivity index (χ1) is 14.5. The quantitative estimate of drug-likeness (QED) is 0.506. The van der Waals surface area contributed by atoms with Crippen molar-refractivity contribution in [3.8, 4) is 0 Å². The molecule has 0 spiro atoms. The van der Waals surface area contributed by atoms with Crippen molar-refractivity contribution in [2.75, 3.05) is 11.9 Å². The zero-order valence-electron chi connectivity index (χ0n) is 17.0. The summed E-state index contributed by atoms with van der Waals surface area (Å²) >= 11 is 0. The van der Waals surface area contributed by atoms with Gasteiger partial charge in [-0.3, -0.25) is 4.79 Å². The summed E-state index contributed by atoms with van der Waals surface area (Å²) in [6.07, 6.45) is 0. The van der Waals surface area contributed by atoms with Crippen LogP contribution in [0.5, 0.6) is 0 Å². The van der Waals surface area contributed by atoms with Gasteiger partial charge in [-0.25, -0.2) is 22.3 Å². The Balaban J connectivity index is 2.17. The minimum absolute atomic E-state index is 0.0635. The van der Waals surface area contributed by atoms with Crippen LogP contribution in [0.3, 0.4) is 0 Å². The van der Waals surface area contributed by atoms with Crippen LogP contribution in [-0.2, 0) is 10.0 Å². The van der Waals surface area contributed by atoms with E-state index < -0.39 is 38.4 Å². The van der Waals surface area contributed by atoms with Gasteiger partial charge in [0.2, 0.25) is 5.09 Å². The molecule has 0 bridgehead atoms. The minimum Gasteiger partial charge on any atom is -0.478 e. The highest BCUT2D eigenvalue weighted by atomic mass is 32.2. The molecular weight excluding hydrogens is 427 g/mol. The van der Waals surface area contributed by atoms with Crippen molar-refractivity contribution in [1.82, 2.24) is 4.72 Å². The topological polar surface area (TPSA) is 126 Å². The van der Waals surface area contributed by atoms with E-state index in [1.54, 1.807) is 32.9 Å². The first-order valence-electron chi connectivity index (χ1n) is 9.41. The molecule has 0 fully saturated rings. The average molecular weight is 448 g/mol. The van der Waals surface area contributed by atoms with Gasteiger partial charge in [-0.15, -0.1) is 0 Å². The fourth-order valence-electron chi connectivity index (χ4n) is 3.26. The Morgan fingerprint density at radius 1 is 1.23 bits per heavy atom. The van der Waals surface area contributed by atoms with Crippen LogP contribution in [0.4, 0.5) is 10.1 Å². The number of carboxylic acid groups (broad SMARTS) is 1. The monoisotopic (exact) mass is 448 g/mol. The van der Waals surface area contributed by atoms with Gasteiger partial charge in [0.1, 0.15) is 11.4 Å². The third kappa shape index (κ3) is 4.59. The number of sulfonamides is 1. The molecule has 8 nitrogen and oxygen atoms in total. The molecule has 0 aliphatic rings. The van der Waals surface area contributed by atoms with Crippen LogP contribution in [0, 0.1) is 12.7 Å². The Labute approximate surface area is 177 Å². The molecule has 1 aromatic heterocycles. The average Bonchev–Trinajstić information content (AvgIpc) is 2.68. The van der Waals surface area contributed by atoms with Gasteiger partial charge in [-0.05, 0) is 43.7 Å². The summed E-state index contributed by atoms with van der Waals surface area (Å²) < 4.78 is 46.1. The highest BCUT2D eigenvalue weighted by Gasteiger charge is 2.22. The lowest BCUT2D eigenvalue weighted by atomic mass is 10.0. The molecule has 0 aliphatic heterocycles. The second kappa shape index (κ2) is 8.48. The number of hydrogen-bond donors (Lipinski definition) is 3. The maximum Gasteiger partial charge on any atom is 0.337 e. The number of anilines is 1. The number of carboxylic acids is 1. The van der Waals surface area contributed by atoms with Gasteiger partial charge in [0.25, 0.3) is 10.0 Å². The first kappa shape index (κ1) is 22.4. The lowest BCUT2D eigenvalue weighted by Gasteiger charge is -2.19. The standard InChI is InChI=1S/C21H21FN2O6S/c1-4-23-31(28,29)19-10-18(25)16-8-11(2)7-14(20(16)30-19)12(3)24-17-6-5-13(22)9-15(17)21(26)27/h5-10,12,23-24H,4H2,1-3H3,(H,26,27). The predicted octanol–water partition coefficient (Wildman–Crippen LogP) is 3.41. The number of rotatable bonds is 7. The van der Waals surface area contributed by atoms with Crippen LogP contribution < -0.4 is 15.5 Å². The van der Waals surface area contributed by atoms with Gasteiger partial charge in [0.05, 0.1) is 17.0 Å². The molecule has 0 saturated heterocycles. The minimum atomic E-state index is -4.01. The second-order valence-corrected chi connectivity index (χ2v) is 8.72. The van der Waals surface area contributed by atoms with E-state index in [-0.39, 0.29) is 28.8 Å². The highest BCUT2D eigenvalue weighted by Crippen LogP contribution is 2.30. The molecule has 0 aliphatic carbocycles. The van der Waals surface area contributed by atoms with Crippen molar-refractivity contribution in [1.29, 1.82) is 0 Å². The number of nitrogens with one attached hydrogen (secondary N) is 2. The van der Waals surface area contributed by atoms with E-state index >= 15 is 0 Å². The maximum absolute atomic E-state index is 13.5. The lowest BCUT2D eigenvalue weighted by Crippen LogP contribution is -2.24. The van der Waals surface area contributed by atoms with Gasteiger partial charge in [-0.2, -0.15) is 0 Å². The van der Waals surface area contributed by atoms with Crippen molar-refractivity contribution in [3.05, 3.63) is 69.1 Å². The van der Waals surface area contributed by atoms with E-state index in [9.17, 15) is 27.5 Å². The third-order valence-electron chi connectivity index (χ3n) is 4.63. The molecule has 31 heavy (non-hydrogen) atoms. The summed E-state index contributed by atoms with van der Waals surface area (Å²) in [6.45, 7) is 5.17. The number of hydrogen-bond acceptors (Lipinski definition) is 6. The summed E-state index contributed by atoms with van der Waals surface area (Å²) in [7, 11) is -4.01. The Bertz CT molecular complexity index is 1330. The number of carbonyl (C=O) groups is 1. The van der Waals surface area contributed by atoms with E-state index in [0.717, 1.165) is 23.8 Å². The van der Waals surface area contributed by atoms with Gasteiger partial charge in [0, 0.05) is 23.9 Å². The van der Waals surface area contributed by atoms with Crippen LogP contribution in [-0.4, -0.2) is 26.0 Å². The molecule has 3 aromatic rings. The van der Waals surface area contributed by atoms with Gasteiger partial charge >= 0.3 is 5.97 Å². The fraction of sp³-hybridized carbons (Fsp3) is 0.238. The summed E-state index contributed by atoms with van der Waals surface area (Å²) in [6, 6.07) is 6.92. The number of aromatic carboxylic acids is 1. The van der Waals surface area contributed by atoms with Crippen LogP contribution in [0.15, 0.2) is 50.7 Å². The number of halogens is 1. The van der Waals surface area contributed by atoms with Crippen molar-refractivity contribution < 1.29 is 27.1 Å². The molecule has 1 heterocycles. The molecule has 164 valence electrons. The van der Waals surface area contributed by atoms with Gasteiger partial charge < -0.3 is 14.8 Å². The summed E-state index contributed by atoms with van der Waals surface area (Å²) in [5.74, 6) is -2.00. The van der Waals surface area contributed by atoms with E-state index in [1.807, 2.05) is 0 Å². The summed E-state index contributed by atoms with van der Waals surface area (Å²) in [4.78, 5) is 24.1. The zero-order chi connectivity index (χ0) is 22.9. The molecule has 3 N–H and O–H groups in total. The molecule has 3 rings (SSSR count). The van der Waals surface area contributed by atoms with Crippen LogP contribution >= 0.6 is 0 Å². The lowest BCUT2D eigenvalue weighted by molar-refractivity contribution is 0.0697. The Kier molecular flexibility index (Phi) is 6.14. The number of fused-ring (bicyclic) bond motifs is 1. The van der Waals surface area contributed by atoms with E-state index in [0.29, 0.717) is 5.56 Å². The predicted molar refractivity (Wildman–Crippen MR) is 113 cm³/mol. The van der Waals surface area contributed by atoms with Crippen LogP contribution in [0.2, 0.25) is 0 Å². The van der Waals surface area contributed by atoms with E-state index in [1.165, 1.54) is 6.07 Å². The fourth-order valence-corrected chi connectivity index (χ4v) is 4.24. The number of benzene rings is 2. The van der Waals surface area contributed by atoms with Crippen molar-refractivity contribution in [2.24, 2.45) is 0 Å². The second-order valence-electron chi connectivity index (χ2n) is 7.02. The summed E-state index contributed by atoms with van der Waals surface area (Å²) in [5, 5.41) is 12.0. The van der Waals surface area contributed by atoms with Crippen LogP contribution in [0.25, 0.3) is 11.0 Å². The van der Waals surface area contributed by atoms with Gasteiger partial charge in [-0.1, -0.05) is 13.0 Å². The largest absolute Gasteiger partial charge is 0.478 e. The normalized spacial score (nSPS) is 12.6. The molecule has 0 saturated carbocycles. The number of aryl methyl sites for hydroxylation is 1. The Morgan fingerprint density at radius 3 is 2.58 bits per heavy atom. The smallest absolute Gasteiger partial charge is 0.337 e. The summed E-state index contributed by atoms with van der Waals surface area (Å²) in [5.41, 5.74) is 0.608.